The average molecular weight is 208 g/mol. The normalized spacial score (nSPS) is 12.8. The zero-order chi connectivity index (χ0) is 8.81. The number of hydrogen-bond donors (Lipinski definition) is 1. The summed E-state index contributed by atoms with van der Waals surface area (Å²) in [5.74, 6) is 0.493. The molecule has 1 unspecified atom stereocenters. The van der Waals surface area contributed by atoms with Crippen LogP contribution >= 0.6 is 23.1 Å². The van der Waals surface area contributed by atoms with Crippen LogP contribution in [0.1, 0.15) is 0 Å². The molecule has 68 valence electrons. The maximum Gasteiger partial charge on any atom is 0.202 e. The average Bonchev–Trinajstić information content (AvgIpc) is 2.56. The van der Waals surface area contributed by atoms with Gasteiger partial charge in [0, 0.05) is 24.5 Å². The minimum Gasteiger partial charge on any atom is -0.383 e. The molecule has 0 radical (unpaired) electrons. The van der Waals surface area contributed by atoms with Gasteiger partial charge in [-0.25, -0.2) is 4.98 Å². The first kappa shape index (κ1) is 9.70. The Morgan fingerprint density at radius 3 is 3.17 bits per heavy atom. The highest BCUT2D eigenvalue weighted by molar-refractivity contribution is 7.09. The lowest BCUT2D eigenvalue weighted by Gasteiger charge is -2.12. The molecule has 1 aromatic rings. The Kier molecular flexibility index (Phi) is 4.27. The van der Waals surface area contributed by atoms with Gasteiger partial charge in [-0.15, -0.1) is 11.6 Å². The fourth-order valence-electron chi connectivity index (χ4n) is 0.737. The fraction of sp³-hybridized carbons (Fsp3) is 0.667. The van der Waals surface area contributed by atoms with Crippen molar-refractivity contribution < 1.29 is 4.74 Å². The first-order chi connectivity index (χ1) is 5.86. The van der Waals surface area contributed by atoms with E-state index in [0.717, 1.165) is 5.13 Å². The van der Waals surface area contributed by atoms with Crippen molar-refractivity contribution in [2.75, 3.05) is 24.9 Å². The Bertz CT molecular complexity index is 207. The molecule has 0 bridgehead atoms. The van der Waals surface area contributed by atoms with Gasteiger partial charge >= 0.3 is 0 Å². The van der Waals surface area contributed by atoms with Gasteiger partial charge in [0.2, 0.25) is 5.13 Å². The summed E-state index contributed by atoms with van der Waals surface area (Å²) in [6.07, 6.45) is 1.51. The highest BCUT2D eigenvalue weighted by atomic mass is 35.5. The Labute approximate surface area is 80.1 Å². The van der Waals surface area contributed by atoms with Crippen molar-refractivity contribution in [1.82, 2.24) is 9.36 Å². The van der Waals surface area contributed by atoms with Crippen LogP contribution in [0.5, 0.6) is 0 Å². The number of nitrogens with zero attached hydrogens (tertiary/aromatic N) is 2. The number of anilines is 1. The van der Waals surface area contributed by atoms with Gasteiger partial charge in [0.25, 0.3) is 0 Å². The standard InChI is InChI=1S/C6H10ClN3OS/c1-11-3-5(2-7)10-6-8-4-9-12-6/h4-5H,2-3H2,1H3,(H,8,9,10). The highest BCUT2D eigenvalue weighted by Gasteiger charge is 2.07. The number of nitrogens with one attached hydrogen (secondary N) is 1. The van der Waals surface area contributed by atoms with Crippen molar-refractivity contribution in [3.05, 3.63) is 6.33 Å². The molecule has 0 saturated carbocycles. The Morgan fingerprint density at radius 1 is 1.83 bits per heavy atom. The molecular formula is C6H10ClN3OS. The number of rotatable bonds is 5. The zero-order valence-corrected chi connectivity index (χ0v) is 8.23. The summed E-state index contributed by atoms with van der Waals surface area (Å²) in [7, 11) is 1.64. The lowest BCUT2D eigenvalue weighted by atomic mass is 10.4. The van der Waals surface area contributed by atoms with Crippen LogP contribution < -0.4 is 5.32 Å². The van der Waals surface area contributed by atoms with E-state index < -0.39 is 0 Å². The number of aromatic nitrogens is 2. The summed E-state index contributed by atoms with van der Waals surface area (Å²) >= 11 is 6.98. The number of hydrogen-bond acceptors (Lipinski definition) is 5. The van der Waals surface area contributed by atoms with E-state index in [1.807, 2.05) is 0 Å². The Morgan fingerprint density at radius 2 is 2.67 bits per heavy atom. The molecule has 1 aromatic heterocycles. The summed E-state index contributed by atoms with van der Waals surface area (Å²) in [6.45, 7) is 0.573. The maximum atomic E-state index is 5.68. The lowest BCUT2D eigenvalue weighted by molar-refractivity contribution is 0.191. The van der Waals surface area contributed by atoms with Gasteiger partial charge in [0.1, 0.15) is 6.33 Å². The molecule has 1 atom stereocenters. The van der Waals surface area contributed by atoms with E-state index in [-0.39, 0.29) is 6.04 Å². The molecule has 4 nitrogen and oxygen atoms in total. The molecule has 0 aliphatic heterocycles. The quantitative estimate of drug-likeness (QED) is 0.738. The zero-order valence-electron chi connectivity index (χ0n) is 6.66. The molecule has 0 amide bonds. The molecule has 1 rings (SSSR count). The second kappa shape index (κ2) is 5.29. The SMILES string of the molecule is COCC(CCl)Nc1ncns1. The smallest absolute Gasteiger partial charge is 0.202 e. The third-order valence-electron chi connectivity index (χ3n) is 1.24. The summed E-state index contributed by atoms with van der Waals surface area (Å²) < 4.78 is 8.81. The summed E-state index contributed by atoms with van der Waals surface area (Å²) in [6, 6.07) is 0.101. The third-order valence-corrected chi connectivity index (χ3v) is 2.21. The molecule has 0 aromatic carbocycles. The first-order valence-electron chi connectivity index (χ1n) is 3.45. The van der Waals surface area contributed by atoms with Crippen LogP contribution in [0.3, 0.4) is 0 Å². The molecule has 1 heterocycles. The number of ether oxygens (including phenoxy) is 1. The van der Waals surface area contributed by atoms with Gasteiger partial charge in [0.15, 0.2) is 0 Å². The molecule has 0 aliphatic carbocycles. The van der Waals surface area contributed by atoms with Crippen LogP contribution in [0.25, 0.3) is 0 Å². The first-order valence-corrected chi connectivity index (χ1v) is 4.75. The van der Waals surface area contributed by atoms with Crippen molar-refractivity contribution in [3.63, 3.8) is 0 Å². The molecule has 0 spiro atoms. The molecular weight excluding hydrogens is 198 g/mol. The van der Waals surface area contributed by atoms with Gasteiger partial charge < -0.3 is 10.1 Å². The highest BCUT2D eigenvalue weighted by Crippen LogP contribution is 2.09. The molecule has 1 N–H and O–H groups in total. The predicted molar refractivity (Wildman–Crippen MR) is 49.9 cm³/mol. The van der Waals surface area contributed by atoms with Crippen LogP contribution in [0.4, 0.5) is 5.13 Å². The van der Waals surface area contributed by atoms with Crippen LogP contribution in [-0.2, 0) is 4.74 Å². The molecule has 0 fully saturated rings. The van der Waals surface area contributed by atoms with Crippen LogP contribution in [0, 0.1) is 0 Å². The molecule has 0 aliphatic rings. The second-order valence-electron chi connectivity index (χ2n) is 2.20. The summed E-state index contributed by atoms with van der Waals surface area (Å²) in [5.41, 5.74) is 0. The van der Waals surface area contributed by atoms with Gasteiger partial charge in [-0.3, -0.25) is 0 Å². The monoisotopic (exact) mass is 207 g/mol. The van der Waals surface area contributed by atoms with Gasteiger partial charge in [0.05, 0.1) is 12.6 Å². The van der Waals surface area contributed by atoms with Gasteiger partial charge in [-0.05, 0) is 0 Å². The van der Waals surface area contributed by atoms with E-state index in [1.54, 1.807) is 7.11 Å². The summed E-state index contributed by atoms with van der Waals surface area (Å²) in [5, 5.41) is 3.87. The Hall–Kier alpha value is -0.390. The maximum absolute atomic E-state index is 5.68. The summed E-state index contributed by atoms with van der Waals surface area (Å²) in [4.78, 5) is 3.97. The van der Waals surface area contributed by atoms with E-state index >= 15 is 0 Å². The molecule has 0 saturated heterocycles. The minimum atomic E-state index is 0.101. The van der Waals surface area contributed by atoms with Crippen molar-refractivity contribution in [3.8, 4) is 0 Å². The minimum absolute atomic E-state index is 0.101. The van der Waals surface area contributed by atoms with Crippen LogP contribution in [0.15, 0.2) is 6.33 Å². The number of alkyl halides is 1. The van der Waals surface area contributed by atoms with Crippen molar-refractivity contribution >= 4 is 28.3 Å². The van der Waals surface area contributed by atoms with Crippen molar-refractivity contribution in [2.45, 2.75) is 6.04 Å². The van der Waals surface area contributed by atoms with Crippen LogP contribution in [-0.4, -0.2) is 35.0 Å². The largest absolute Gasteiger partial charge is 0.383 e. The fourth-order valence-corrected chi connectivity index (χ4v) is 1.41. The third kappa shape index (κ3) is 2.92. The number of halogens is 1. The number of methoxy groups -OCH3 is 1. The van der Waals surface area contributed by atoms with E-state index in [1.165, 1.54) is 17.9 Å². The van der Waals surface area contributed by atoms with E-state index in [4.69, 9.17) is 16.3 Å². The van der Waals surface area contributed by atoms with E-state index in [9.17, 15) is 0 Å². The van der Waals surface area contributed by atoms with Gasteiger partial charge in [-0.2, -0.15) is 4.37 Å². The second-order valence-corrected chi connectivity index (χ2v) is 3.29. The predicted octanol–water partition coefficient (Wildman–Crippen LogP) is 1.20. The van der Waals surface area contributed by atoms with Crippen molar-refractivity contribution in [1.29, 1.82) is 0 Å². The van der Waals surface area contributed by atoms with E-state index in [0.29, 0.717) is 12.5 Å². The lowest BCUT2D eigenvalue weighted by Crippen LogP contribution is -2.26. The van der Waals surface area contributed by atoms with Crippen LogP contribution in [0.2, 0.25) is 0 Å². The van der Waals surface area contributed by atoms with E-state index in [2.05, 4.69) is 14.7 Å². The molecule has 6 heteroatoms. The molecule has 12 heavy (non-hydrogen) atoms. The topological polar surface area (TPSA) is 47.0 Å². The van der Waals surface area contributed by atoms with Crippen molar-refractivity contribution in [2.24, 2.45) is 0 Å². The Balaban J connectivity index is 2.37. The van der Waals surface area contributed by atoms with Gasteiger partial charge in [-0.1, -0.05) is 0 Å².